The van der Waals surface area contributed by atoms with Crippen LogP contribution in [-0.2, 0) is 19.4 Å². The standard InChI is InChI=1S/C9H17NO5S/c1-2-15-9(12)3-4-10-7-5-16(13,14)6-8(7)11/h7-8,10-11H,2-6H2,1H3. The SMILES string of the molecule is CCOC(=O)CCNC1CS(=O)(=O)CC1O. The number of rotatable bonds is 5. The quantitative estimate of drug-likeness (QED) is 0.589. The average Bonchev–Trinajstić information content (AvgIpc) is 2.40. The highest BCUT2D eigenvalue weighted by Crippen LogP contribution is 2.12. The predicted molar refractivity (Wildman–Crippen MR) is 57.7 cm³/mol. The molecule has 0 bridgehead atoms. The maximum absolute atomic E-state index is 11.2. The smallest absolute Gasteiger partial charge is 0.307 e. The lowest BCUT2D eigenvalue weighted by molar-refractivity contribution is -0.143. The van der Waals surface area contributed by atoms with Gasteiger partial charge in [0.1, 0.15) is 0 Å². The highest BCUT2D eigenvalue weighted by molar-refractivity contribution is 7.91. The molecular formula is C9H17NO5S. The fourth-order valence-electron chi connectivity index (χ4n) is 1.62. The topological polar surface area (TPSA) is 92.7 Å². The van der Waals surface area contributed by atoms with E-state index >= 15 is 0 Å². The van der Waals surface area contributed by atoms with Gasteiger partial charge in [0.25, 0.3) is 0 Å². The Morgan fingerprint density at radius 3 is 2.69 bits per heavy atom. The minimum absolute atomic E-state index is 0.0724. The Hall–Kier alpha value is -0.660. The summed E-state index contributed by atoms with van der Waals surface area (Å²) in [5.74, 6) is -0.605. The van der Waals surface area contributed by atoms with E-state index in [4.69, 9.17) is 4.74 Å². The Morgan fingerprint density at radius 1 is 1.50 bits per heavy atom. The number of carbonyl (C=O) groups excluding carboxylic acids is 1. The monoisotopic (exact) mass is 251 g/mol. The fourth-order valence-corrected chi connectivity index (χ4v) is 3.39. The van der Waals surface area contributed by atoms with Crippen LogP contribution in [0.5, 0.6) is 0 Å². The molecule has 16 heavy (non-hydrogen) atoms. The molecule has 1 rings (SSSR count). The molecule has 7 heteroatoms. The van der Waals surface area contributed by atoms with E-state index in [0.29, 0.717) is 13.2 Å². The van der Waals surface area contributed by atoms with Crippen molar-refractivity contribution >= 4 is 15.8 Å². The summed E-state index contributed by atoms with van der Waals surface area (Å²) in [5, 5.41) is 12.3. The minimum Gasteiger partial charge on any atom is -0.466 e. The number of ether oxygens (including phenoxy) is 1. The second-order valence-electron chi connectivity index (χ2n) is 3.76. The van der Waals surface area contributed by atoms with E-state index in [1.165, 1.54) is 0 Å². The van der Waals surface area contributed by atoms with E-state index < -0.39 is 22.0 Å². The molecule has 1 heterocycles. The molecule has 94 valence electrons. The van der Waals surface area contributed by atoms with Gasteiger partial charge in [-0.1, -0.05) is 0 Å². The molecule has 0 aromatic carbocycles. The van der Waals surface area contributed by atoms with Crippen LogP contribution in [0.3, 0.4) is 0 Å². The van der Waals surface area contributed by atoms with Gasteiger partial charge in [-0.15, -0.1) is 0 Å². The van der Waals surface area contributed by atoms with Crippen molar-refractivity contribution in [2.75, 3.05) is 24.7 Å². The predicted octanol–water partition coefficient (Wildman–Crippen LogP) is -1.31. The summed E-state index contributed by atoms with van der Waals surface area (Å²) >= 11 is 0. The lowest BCUT2D eigenvalue weighted by Crippen LogP contribution is -2.40. The molecule has 0 spiro atoms. The van der Waals surface area contributed by atoms with Crippen LogP contribution in [0, 0.1) is 0 Å². The first-order chi connectivity index (χ1) is 7.44. The molecule has 0 amide bonds. The maximum Gasteiger partial charge on any atom is 0.307 e. The van der Waals surface area contributed by atoms with Crippen molar-refractivity contribution in [1.82, 2.24) is 5.32 Å². The van der Waals surface area contributed by atoms with Crippen molar-refractivity contribution in [3.8, 4) is 0 Å². The van der Waals surface area contributed by atoms with Crippen molar-refractivity contribution in [3.05, 3.63) is 0 Å². The van der Waals surface area contributed by atoms with Crippen LogP contribution in [0.2, 0.25) is 0 Å². The molecule has 0 radical (unpaired) electrons. The van der Waals surface area contributed by atoms with Crippen LogP contribution in [0.1, 0.15) is 13.3 Å². The van der Waals surface area contributed by atoms with Gasteiger partial charge in [-0.3, -0.25) is 4.79 Å². The first-order valence-corrected chi connectivity index (χ1v) is 7.04. The van der Waals surface area contributed by atoms with Crippen LogP contribution in [0.15, 0.2) is 0 Å². The molecule has 2 unspecified atom stereocenters. The summed E-state index contributed by atoms with van der Waals surface area (Å²) in [6.07, 6.45) is -0.705. The van der Waals surface area contributed by atoms with E-state index in [2.05, 4.69) is 5.32 Å². The van der Waals surface area contributed by atoms with Gasteiger partial charge in [0.15, 0.2) is 9.84 Å². The number of sulfone groups is 1. The molecule has 1 saturated heterocycles. The zero-order valence-electron chi connectivity index (χ0n) is 9.18. The molecule has 0 aromatic rings. The van der Waals surface area contributed by atoms with E-state index in [-0.39, 0.29) is 23.9 Å². The van der Waals surface area contributed by atoms with E-state index in [9.17, 15) is 18.3 Å². The summed E-state index contributed by atoms with van der Waals surface area (Å²) < 4.78 is 27.0. The van der Waals surface area contributed by atoms with Gasteiger partial charge in [0.05, 0.1) is 30.6 Å². The molecule has 0 aromatic heterocycles. The number of aliphatic hydroxyl groups is 1. The van der Waals surface area contributed by atoms with Gasteiger partial charge in [0.2, 0.25) is 0 Å². The summed E-state index contributed by atoms with van der Waals surface area (Å²) in [6, 6.07) is -0.473. The molecule has 1 aliphatic rings. The number of aliphatic hydroxyl groups excluding tert-OH is 1. The second kappa shape index (κ2) is 5.60. The molecule has 1 aliphatic heterocycles. The number of nitrogens with one attached hydrogen (secondary N) is 1. The third-order valence-electron chi connectivity index (χ3n) is 2.36. The summed E-state index contributed by atoms with van der Waals surface area (Å²) in [5.41, 5.74) is 0. The minimum atomic E-state index is -3.13. The van der Waals surface area contributed by atoms with Gasteiger partial charge < -0.3 is 15.2 Å². The van der Waals surface area contributed by atoms with Crippen LogP contribution >= 0.6 is 0 Å². The van der Waals surface area contributed by atoms with Gasteiger partial charge in [0, 0.05) is 12.6 Å². The normalized spacial score (nSPS) is 27.9. The molecule has 0 aliphatic carbocycles. The van der Waals surface area contributed by atoms with Crippen molar-refractivity contribution in [1.29, 1.82) is 0 Å². The Labute approximate surface area is 94.9 Å². The molecule has 2 N–H and O–H groups in total. The Kier molecular flexibility index (Phi) is 4.69. The van der Waals surface area contributed by atoms with Gasteiger partial charge in [-0.25, -0.2) is 8.42 Å². The zero-order chi connectivity index (χ0) is 12.2. The van der Waals surface area contributed by atoms with Crippen molar-refractivity contribution in [2.24, 2.45) is 0 Å². The van der Waals surface area contributed by atoms with E-state index in [1.807, 2.05) is 0 Å². The highest BCUT2D eigenvalue weighted by Gasteiger charge is 2.35. The third-order valence-corrected chi connectivity index (χ3v) is 4.08. The fraction of sp³-hybridized carbons (Fsp3) is 0.889. The zero-order valence-corrected chi connectivity index (χ0v) is 10.00. The molecule has 2 atom stereocenters. The number of carbonyl (C=O) groups is 1. The van der Waals surface area contributed by atoms with Crippen LogP contribution in [-0.4, -0.2) is 56.3 Å². The number of esters is 1. The van der Waals surface area contributed by atoms with Crippen molar-refractivity contribution < 1.29 is 23.1 Å². The lowest BCUT2D eigenvalue weighted by Gasteiger charge is -2.14. The highest BCUT2D eigenvalue weighted by atomic mass is 32.2. The second-order valence-corrected chi connectivity index (χ2v) is 5.91. The molecular weight excluding hydrogens is 234 g/mol. The molecule has 1 fully saturated rings. The number of hydrogen-bond donors (Lipinski definition) is 2. The maximum atomic E-state index is 11.2. The van der Waals surface area contributed by atoms with Gasteiger partial charge >= 0.3 is 5.97 Å². The average molecular weight is 251 g/mol. The van der Waals surface area contributed by atoms with Crippen LogP contribution < -0.4 is 5.32 Å². The third kappa shape index (κ3) is 4.07. The Morgan fingerprint density at radius 2 is 2.19 bits per heavy atom. The molecule has 6 nitrogen and oxygen atoms in total. The van der Waals surface area contributed by atoms with Gasteiger partial charge in [-0.05, 0) is 6.92 Å². The lowest BCUT2D eigenvalue weighted by atomic mass is 10.2. The summed E-state index contributed by atoms with van der Waals surface area (Å²) in [7, 11) is -3.13. The van der Waals surface area contributed by atoms with Crippen LogP contribution in [0.4, 0.5) is 0 Å². The van der Waals surface area contributed by atoms with E-state index in [1.54, 1.807) is 6.92 Å². The Balaban J connectivity index is 2.26. The van der Waals surface area contributed by atoms with Gasteiger partial charge in [-0.2, -0.15) is 0 Å². The van der Waals surface area contributed by atoms with Crippen molar-refractivity contribution in [2.45, 2.75) is 25.5 Å². The first kappa shape index (κ1) is 13.4. The Bertz CT molecular complexity index is 340. The van der Waals surface area contributed by atoms with Crippen LogP contribution in [0.25, 0.3) is 0 Å². The summed E-state index contributed by atoms with van der Waals surface area (Å²) in [4.78, 5) is 11.0. The largest absolute Gasteiger partial charge is 0.466 e. The first-order valence-electron chi connectivity index (χ1n) is 5.22. The molecule has 0 saturated carbocycles. The summed E-state index contributed by atoms with van der Waals surface area (Å²) in [6.45, 7) is 2.37. The number of hydrogen-bond acceptors (Lipinski definition) is 6. The van der Waals surface area contributed by atoms with Crippen molar-refractivity contribution in [3.63, 3.8) is 0 Å². The van der Waals surface area contributed by atoms with E-state index in [0.717, 1.165) is 0 Å².